The minimum atomic E-state index is 0.0457. The number of carbonyl (C=O) groups excluding carboxylic acids is 1. The third kappa shape index (κ3) is 6.38. The first-order valence-corrected chi connectivity index (χ1v) is 7.45. The lowest BCUT2D eigenvalue weighted by Crippen LogP contribution is -2.28. The Morgan fingerprint density at radius 2 is 2.00 bits per heavy atom. The molecule has 5 heteroatoms. The molecule has 0 spiro atoms. The smallest absolute Gasteiger partial charge is 0.221 e. The van der Waals surface area contributed by atoms with Gasteiger partial charge in [-0.15, -0.1) is 0 Å². The van der Waals surface area contributed by atoms with Gasteiger partial charge >= 0.3 is 0 Å². The van der Waals surface area contributed by atoms with Crippen molar-refractivity contribution in [2.45, 2.75) is 40.2 Å². The van der Waals surface area contributed by atoms with E-state index >= 15 is 0 Å². The van der Waals surface area contributed by atoms with Crippen LogP contribution in [0.1, 0.15) is 34.1 Å². The molecule has 4 N–H and O–H groups in total. The van der Waals surface area contributed by atoms with Crippen molar-refractivity contribution in [3.8, 4) is 5.75 Å². The predicted octanol–water partition coefficient (Wildman–Crippen LogP) is 2.63. The third-order valence-corrected chi connectivity index (χ3v) is 2.80. The molecule has 1 amide bonds. The normalized spacial score (nSPS) is 10.8. The largest absolute Gasteiger partial charge is 0.489 e. The molecule has 0 fully saturated rings. The first kappa shape index (κ1) is 17.1. The summed E-state index contributed by atoms with van der Waals surface area (Å²) in [5, 5.41) is 6.06. The Bertz CT molecular complexity index is 459. The molecule has 0 atom stereocenters. The monoisotopic (exact) mass is 293 g/mol. The van der Waals surface area contributed by atoms with E-state index in [9.17, 15) is 4.79 Å². The van der Waals surface area contributed by atoms with Crippen molar-refractivity contribution < 1.29 is 9.53 Å². The van der Waals surface area contributed by atoms with E-state index < -0.39 is 0 Å². The number of nitrogens with two attached hydrogens (primary N) is 1. The van der Waals surface area contributed by atoms with Gasteiger partial charge in [0.2, 0.25) is 5.91 Å². The van der Waals surface area contributed by atoms with E-state index in [-0.39, 0.29) is 12.0 Å². The summed E-state index contributed by atoms with van der Waals surface area (Å²) in [7, 11) is 0. The predicted molar refractivity (Wildman–Crippen MR) is 87.6 cm³/mol. The molecule has 1 rings (SSSR count). The van der Waals surface area contributed by atoms with E-state index in [2.05, 4.69) is 24.5 Å². The number of carbonyl (C=O) groups is 1. The van der Waals surface area contributed by atoms with Crippen LogP contribution in [-0.4, -0.2) is 25.1 Å². The van der Waals surface area contributed by atoms with E-state index in [1.165, 1.54) is 0 Å². The summed E-state index contributed by atoms with van der Waals surface area (Å²) < 4.78 is 5.63. The van der Waals surface area contributed by atoms with E-state index in [1.54, 1.807) is 0 Å². The molecule has 0 aliphatic rings. The fourth-order valence-electron chi connectivity index (χ4n) is 1.77. The quantitative estimate of drug-likeness (QED) is 0.644. The second kappa shape index (κ2) is 8.39. The van der Waals surface area contributed by atoms with Gasteiger partial charge in [-0.25, -0.2) is 0 Å². The summed E-state index contributed by atoms with van der Waals surface area (Å²) in [6, 6.07) is 5.61. The van der Waals surface area contributed by atoms with Gasteiger partial charge in [-0.1, -0.05) is 19.9 Å². The summed E-state index contributed by atoms with van der Waals surface area (Å²) in [5.74, 6) is 1.17. The van der Waals surface area contributed by atoms with Crippen molar-refractivity contribution >= 4 is 17.3 Å². The van der Waals surface area contributed by atoms with Crippen LogP contribution in [0.25, 0.3) is 0 Å². The number of nitrogen functional groups attached to an aromatic ring is 1. The van der Waals surface area contributed by atoms with Gasteiger partial charge < -0.3 is 21.1 Å². The highest BCUT2D eigenvalue weighted by Crippen LogP contribution is 2.29. The van der Waals surface area contributed by atoms with Gasteiger partial charge in [-0.05, 0) is 31.9 Å². The summed E-state index contributed by atoms with van der Waals surface area (Å²) in [6.07, 6.45) is 0.492. The number of para-hydroxylation sites is 1. The number of rotatable bonds is 8. The summed E-state index contributed by atoms with van der Waals surface area (Å²) in [6.45, 7) is 9.30. The fourth-order valence-corrected chi connectivity index (χ4v) is 1.77. The molecular weight excluding hydrogens is 266 g/mol. The van der Waals surface area contributed by atoms with Gasteiger partial charge in [0.15, 0.2) is 0 Å². The molecule has 0 unspecified atom stereocenters. The van der Waals surface area contributed by atoms with E-state index in [0.29, 0.717) is 36.9 Å². The summed E-state index contributed by atoms with van der Waals surface area (Å²) in [5.41, 5.74) is 7.43. The van der Waals surface area contributed by atoms with Crippen LogP contribution < -0.4 is 21.1 Å². The molecule has 0 aliphatic carbocycles. The minimum Gasteiger partial charge on any atom is -0.489 e. The Kier molecular flexibility index (Phi) is 6.85. The molecule has 0 saturated carbocycles. The molecule has 0 saturated heterocycles. The Morgan fingerprint density at radius 3 is 2.62 bits per heavy atom. The Balaban J connectivity index is 2.47. The summed E-state index contributed by atoms with van der Waals surface area (Å²) in [4.78, 5) is 11.6. The van der Waals surface area contributed by atoms with Crippen molar-refractivity contribution in [3.05, 3.63) is 18.2 Å². The first-order valence-electron chi connectivity index (χ1n) is 7.45. The van der Waals surface area contributed by atoms with Gasteiger partial charge in [0.1, 0.15) is 5.75 Å². The van der Waals surface area contributed by atoms with Crippen LogP contribution >= 0.6 is 0 Å². The molecule has 0 bridgehead atoms. The average Bonchev–Trinajstić information content (AvgIpc) is 2.40. The topological polar surface area (TPSA) is 76.4 Å². The second-order valence-electron chi connectivity index (χ2n) is 5.76. The summed E-state index contributed by atoms with van der Waals surface area (Å²) >= 11 is 0. The van der Waals surface area contributed by atoms with Crippen LogP contribution in [0, 0.1) is 5.92 Å². The van der Waals surface area contributed by atoms with E-state index in [0.717, 1.165) is 5.69 Å². The maximum atomic E-state index is 11.6. The molecule has 0 aromatic heterocycles. The van der Waals surface area contributed by atoms with Crippen molar-refractivity contribution in [1.29, 1.82) is 0 Å². The zero-order valence-corrected chi connectivity index (χ0v) is 13.4. The zero-order chi connectivity index (χ0) is 15.8. The van der Waals surface area contributed by atoms with Gasteiger partial charge in [-0.2, -0.15) is 0 Å². The van der Waals surface area contributed by atoms with Crippen LogP contribution in [0.2, 0.25) is 0 Å². The average molecular weight is 293 g/mol. The zero-order valence-electron chi connectivity index (χ0n) is 13.4. The second-order valence-corrected chi connectivity index (χ2v) is 5.76. The molecule has 1 aromatic rings. The molecule has 0 aliphatic heterocycles. The van der Waals surface area contributed by atoms with Crippen molar-refractivity contribution in [3.63, 3.8) is 0 Å². The van der Waals surface area contributed by atoms with Crippen molar-refractivity contribution in [2.75, 3.05) is 24.1 Å². The van der Waals surface area contributed by atoms with Gasteiger partial charge in [0.25, 0.3) is 0 Å². The number of hydrogen-bond donors (Lipinski definition) is 3. The number of amides is 1. The third-order valence-electron chi connectivity index (χ3n) is 2.80. The van der Waals surface area contributed by atoms with Gasteiger partial charge in [0, 0.05) is 19.5 Å². The van der Waals surface area contributed by atoms with E-state index in [4.69, 9.17) is 10.5 Å². The highest BCUT2D eigenvalue weighted by atomic mass is 16.5. The molecule has 1 aromatic carbocycles. The van der Waals surface area contributed by atoms with E-state index in [1.807, 2.05) is 32.0 Å². The molecule has 5 nitrogen and oxygen atoms in total. The Labute approximate surface area is 127 Å². The van der Waals surface area contributed by atoms with Gasteiger partial charge in [0.05, 0.1) is 17.5 Å². The Morgan fingerprint density at radius 1 is 1.29 bits per heavy atom. The maximum Gasteiger partial charge on any atom is 0.221 e. The molecule has 0 radical (unpaired) electrons. The van der Waals surface area contributed by atoms with Crippen LogP contribution in [0.4, 0.5) is 11.4 Å². The van der Waals surface area contributed by atoms with Gasteiger partial charge in [-0.3, -0.25) is 4.79 Å². The lowest BCUT2D eigenvalue weighted by atomic mass is 10.2. The fraction of sp³-hybridized carbons (Fsp3) is 0.562. The van der Waals surface area contributed by atoms with Crippen molar-refractivity contribution in [2.24, 2.45) is 5.92 Å². The van der Waals surface area contributed by atoms with Crippen LogP contribution in [0.15, 0.2) is 18.2 Å². The Hall–Kier alpha value is -1.91. The minimum absolute atomic E-state index is 0.0457. The van der Waals surface area contributed by atoms with Crippen LogP contribution in [0.5, 0.6) is 5.75 Å². The number of anilines is 2. The SMILES string of the molecule is CC(C)CNC(=O)CCNc1cccc(OC(C)C)c1N. The number of hydrogen-bond acceptors (Lipinski definition) is 4. The highest BCUT2D eigenvalue weighted by Gasteiger charge is 2.08. The molecular formula is C16H27N3O2. The lowest BCUT2D eigenvalue weighted by Gasteiger charge is -2.15. The molecule has 0 heterocycles. The highest BCUT2D eigenvalue weighted by molar-refractivity contribution is 5.77. The molecule has 21 heavy (non-hydrogen) atoms. The number of nitrogens with one attached hydrogen (secondary N) is 2. The van der Waals surface area contributed by atoms with Crippen LogP contribution in [-0.2, 0) is 4.79 Å². The van der Waals surface area contributed by atoms with Crippen LogP contribution in [0.3, 0.4) is 0 Å². The molecule has 118 valence electrons. The standard InChI is InChI=1S/C16H27N3O2/c1-11(2)10-19-15(20)8-9-18-13-6-5-7-14(16(13)17)21-12(3)4/h5-7,11-12,18H,8-10,17H2,1-4H3,(H,19,20). The van der Waals surface area contributed by atoms with Crippen molar-refractivity contribution in [1.82, 2.24) is 5.32 Å². The maximum absolute atomic E-state index is 11.6. The number of ether oxygens (including phenoxy) is 1. The number of benzene rings is 1. The first-order chi connectivity index (χ1) is 9.90. The lowest BCUT2D eigenvalue weighted by molar-refractivity contribution is -0.120.